The predicted octanol–water partition coefficient (Wildman–Crippen LogP) is 3.53. The zero-order valence-corrected chi connectivity index (χ0v) is 25.8. The van der Waals surface area contributed by atoms with Crippen LogP contribution in [0.5, 0.6) is 0 Å². The second-order valence-electron chi connectivity index (χ2n) is 13.9. The van der Waals surface area contributed by atoms with Crippen LogP contribution in [0.25, 0.3) is 0 Å². The highest BCUT2D eigenvalue weighted by Crippen LogP contribution is 2.36. The summed E-state index contributed by atoms with van der Waals surface area (Å²) in [5.74, 6) is 0.891. The van der Waals surface area contributed by atoms with Crippen LogP contribution in [0.15, 0.2) is 12.4 Å². The molecule has 0 radical (unpaired) electrons. The third-order valence-corrected chi connectivity index (χ3v) is 8.32. The molecule has 0 aromatic carbocycles. The number of piperidine rings is 1. The number of nitrogens with zero attached hydrogens (tertiary/aromatic N) is 4. The van der Waals surface area contributed by atoms with E-state index in [1.807, 2.05) is 79.6 Å². The molecule has 1 N–H and O–H groups in total. The molecule has 2 aliphatic heterocycles. The number of aromatic nitrogens is 2. The second-order valence-corrected chi connectivity index (χ2v) is 13.9. The van der Waals surface area contributed by atoms with Crippen molar-refractivity contribution in [2.24, 2.45) is 11.8 Å². The summed E-state index contributed by atoms with van der Waals surface area (Å²) < 4.78 is 17.7. The molecule has 0 unspecified atom stereocenters. The Morgan fingerprint density at radius 1 is 1.12 bits per heavy atom. The van der Waals surface area contributed by atoms with Gasteiger partial charge in [-0.25, -0.2) is 14.8 Å². The number of likely N-dealkylation sites (tertiary alicyclic amines) is 1. The van der Waals surface area contributed by atoms with Crippen molar-refractivity contribution in [1.29, 1.82) is 0 Å². The number of anilines is 1. The van der Waals surface area contributed by atoms with Gasteiger partial charge in [-0.15, -0.1) is 0 Å². The number of amides is 2. The van der Waals surface area contributed by atoms with Crippen molar-refractivity contribution in [3.05, 3.63) is 12.4 Å². The second kappa shape index (κ2) is 11.5. The number of carbonyl (C=O) groups is 2. The Balaban J connectivity index is 1.39. The minimum atomic E-state index is -0.626. The van der Waals surface area contributed by atoms with E-state index in [4.69, 9.17) is 24.0 Å². The SMILES string of the molecule is CC(C)[C@@H](NC(=O)OC(C)(C)C)C(=O)N1CCC[C@@H](CN(c2ncc(B3OC(C)(C)C(C)(C)O3)cn2)C2CC2)C1. The summed E-state index contributed by atoms with van der Waals surface area (Å²) in [5, 5.41) is 2.81. The molecule has 1 aliphatic carbocycles. The van der Waals surface area contributed by atoms with Crippen LogP contribution < -0.4 is 15.7 Å². The number of ether oxygens (including phenoxy) is 1. The fourth-order valence-corrected chi connectivity index (χ4v) is 5.20. The van der Waals surface area contributed by atoms with E-state index in [9.17, 15) is 9.59 Å². The number of hydrogen-bond acceptors (Lipinski definition) is 8. The van der Waals surface area contributed by atoms with Crippen LogP contribution in [0.1, 0.15) is 88.0 Å². The largest absolute Gasteiger partial charge is 0.498 e. The van der Waals surface area contributed by atoms with Gasteiger partial charge in [0.05, 0.1) is 11.2 Å². The smallest absolute Gasteiger partial charge is 0.444 e. The third-order valence-electron chi connectivity index (χ3n) is 8.32. The van der Waals surface area contributed by atoms with Gasteiger partial charge in [0.2, 0.25) is 11.9 Å². The van der Waals surface area contributed by atoms with E-state index in [1.165, 1.54) is 0 Å². The average Bonchev–Trinajstić information content (AvgIpc) is 3.66. The Labute approximate surface area is 240 Å². The molecule has 3 fully saturated rings. The lowest BCUT2D eigenvalue weighted by molar-refractivity contribution is -0.136. The lowest BCUT2D eigenvalue weighted by Crippen LogP contribution is -2.55. The summed E-state index contributed by atoms with van der Waals surface area (Å²) in [6, 6.07) is -0.204. The Morgan fingerprint density at radius 2 is 1.73 bits per heavy atom. The van der Waals surface area contributed by atoms with Crippen LogP contribution in [-0.4, -0.2) is 82.5 Å². The predicted molar refractivity (Wildman–Crippen MR) is 155 cm³/mol. The van der Waals surface area contributed by atoms with Crippen molar-refractivity contribution in [3.8, 4) is 0 Å². The molecule has 10 nitrogen and oxygen atoms in total. The van der Waals surface area contributed by atoms with Gasteiger partial charge in [-0.3, -0.25) is 4.79 Å². The molecule has 1 aromatic heterocycles. The van der Waals surface area contributed by atoms with Crippen molar-refractivity contribution < 1.29 is 23.6 Å². The van der Waals surface area contributed by atoms with Gasteiger partial charge in [0.25, 0.3) is 0 Å². The standard InChI is InChI=1S/C29H48BN5O5/c1-19(2)23(33-26(37)38-27(3,4)5)24(36)34-14-10-11-20(17-34)18-35(22-12-13-22)25-31-15-21(16-32-25)30-39-28(6,7)29(8,9)40-30/h15-16,19-20,22-23H,10-14,17-18H2,1-9H3,(H,33,37)/t20-,23-/m1/s1. The third kappa shape index (κ3) is 7.27. The maximum absolute atomic E-state index is 13.5. The maximum Gasteiger partial charge on any atom is 0.498 e. The highest BCUT2D eigenvalue weighted by molar-refractivity contribution is 6.61. The molecule has 4 rings (SSSR count). The van der Waals surface area contributed by atoms with Crippen molar-refractivity contribution >= 4 is 30.5 Å². The van der Waals surface area contributed by atoms with Crippen LogP contribution >= 0.6 is 0 Å². The average molecular weight is 558 g/mol. The summed E-state index contributed by atoms with van der Waals surface area (Å²) in [4.78, 5) is 39.6. The van der Waals surface area contributed by atoms with E-state index in [1.54, 1.807) is 0 Å². The normalized spacial score (nSPS) is 23.2. The number of alkyl carbamates (subject to hydrolysis) is 1. The molecule has 0 bridgehead atoms. The zero-order chi connectivity index (χ0) is 29.5. The minimum Gasteiger partial charge on any atom is -0.444 e. The summed E-state index contributed by atoms with van der Waals surface area (Å²) in [5.41, 5.74) is -0.651. The van der Waals surface area contributed by atoms with E-state index >= 15 is 0 Å². The lowest BCUT2D eigenvalue weighted by atomic mass is 9.81. The zero-order valence-electron chi connectivity index (χ0n) is 25.8. The van der Waals surface area contributed by atoms with E-state index in [0.29, 0.717) is 31.0 Å². The molecule has 0 spiro atoms. The lowest BCUT2D eigenvalue weighted by Gasteiger charge is -2.38. The van der Waals surface area contributed by atoms with Gasteiger partial charge in [0, 0.05) is 43.5 Å². The summed E-state index contributed by atoms with van der Waals surface area (Å²) in [6.07, 6.45) is 7.26. The van der Waals surface area contributed by atoms with Gasteiger partial charge >= 0.3 is 13.2 Å². The van der Waals surface area contributed by atoms with E-state index < -0.39 is 36.1 Å². The number of hydrogen-bond donors (Lipinski definition) is 1. The van der Waals surface area contributed by atoms with Crippen LogP contribution in [0.4, 0.5) is 10.7 Å². The molecule has 2 amide bonds. The molecule has 1 saturated carbocycles. The molecular formula is C29H48BN5O5. The highest BCUT2D eigenvalue weighted by Gasteiger charge is 2.52. The number of carbonyl (C=O) groups excluding carboxylic acids is 2. The molecule has 222 valence electrons. The van der Waals surface area contributed by atoms with Gasteiger partial charge in [0.1, 0.15) is 11.6 Å². The quantitative estimate of drug-likeness (QED) is 0.484. The van der Waals surface area contributed by atoms with Gasteiger partial charge in [-0.2, -0.15) is 0 Å². The number of nitrogens with one attached hydrogen (secondary N) is 1. The van der Waals surface area contributed by atoms with Crippen molar-refractivity contribution in [1.82, 2.24) is 20.2 Å². The van der Waals surface area contributed by atoms with Gasteiger partial charge in [0.15, 0.2) is 0 Å². The molecule has 3 heterocycles. The monoisotopic (exact) mass is 557 g/mol. The van der Waals surface area contributed by atoms with Gasteiger partial charge < -0.3 is 29.2 Å². The van der Waals surface area contributed by atoms with Gasteiger partial charge in [-0.1, -0.05) is 13.8 Å². The van der Waals surface area contributed by atoms with Crippen LogP contribution in [-0.2, 0) is 18.8 Å². The van der Waals surface area contributed by atoms with Crippen LogP contribution in [0.2, 0.25) is 0 Å². The topological polar surface area (TPSA) is 106 Å². The molecule has 3 aliphatic rings. The maximum atomic E-state index is 13.5. The first-order valence-corrected chi connectivity index (χ1v) is 14.8. The molecule has 11 heteroatoms. The van der Waals surface area contributed by atoms with E-state index in [2.05, 4.69) is 10.2 Å². The van der Waals surface area contributed by atoms with Crippen molar-refractivity contribution in [2.45, 2.75) is 117 Å². The van der Waals surface area contributed by atoms with E-state index in [0.717, 1.165) is 37.7 Å². The van der Waals surface area contributed by atoms with Crippen LogP contribution in [0, 0.1) is 11.8 Å². The number of rotatable bonds is 8. The first kappa shape index (κ1) is 30.6. The summed E-state index contributed by atoms with van der Waals surface area (Å²) >= 11 is 0. The Morgan fingerprint density at radius 3 is 2.25 bits per heavy atom. The van der Waals surface area contributed by atoms with E-state index in [-0.39, 0.29) is 11.8 Å². The molecule has 2 saturated heterocycles. The Hall–Kier alpha value is -2.40. The minimum absolute atomic E-state index is 0.0495. The Kier molecular flexibility index (Phi) is 8.76. The molecule has 1 aromatic rings. The van der Waals surface area contributed by atoms with Crippen LogP contribution in [0.3, 0.4) is 0 Å². The van der Waals surface area contributed by atoms with Crippen molar-refractivity contribution in [3.63, 3.8) is 0 Å². The van der Waals surface area contributed by atoms with Crippen molar-refractivity contribution in [2.75, 3.05) is 24.5 Å². The molecule has 40 heavy (non-hydrogen) atoms. The summed E-state index contributed by atoms with van der Waals surface area (Å²) in [7, 11) is -0.491. The molecule has 2 atom stereocenters. The molecular weight excluding hydrogens is 509 g/mol. The fraction of sp³-hybridized carbons (Fsp3) is 0.793. The highest BCUT2D eigenvalue weighted by atomic mass is 16.7. The summed E-state index contributed by atoms with van der Waals surface area (Å²) in [6.45, 7) is 19.6. The first-order valence-electron chi connectivity index (χ1n) is 14.8. The Bertz CT molecular complexity index is 1040. The van der Waals surface area contributed by atoms with Gasteiger partial charge in [-0.05, 0) is 86.0 Å². The first-order chi connectivity index (χ1) is 18.6. The fourth-order valence-electron chi connectivity index (χ4n) is 5.20.